The SMILES string of the molecule is O=C1C[C@]2(CO1)C(=O)Nc1ccccc12. The van der Waals surface area contributed by atoms with Gasteiger partial charge in [-0.3, -0.25) is 9.59 Å². The first kappa shape index (κ1) is 8.47. The number of benzene rings is 1. The van der Waals surface area contributed by atoms with Crippen molar-refractivity contribution in [1.82, 2.24) is 0 Å². The maximum atomic E-state index is 11.9. The molecule has 0 saturated carbocycles. The van der Waals surface area contributed by atoms with Crippen LogP contribution in [-0.2, 0) is 19.7 Å². The third-order valence-electron chi connectivity index (χ3n) is 3.05. The van der Waals surface area contributed by atoms with Gasteiger partial charge in [-0.1, -0.05) is 18.2 Å². The second-order valence-electron chi connectivity index (χ2n) is 3.92. The van der Waals surface area contributed by atoms with Crippen molar-refractivity contribution in [3.63, 3.8) is 0 Å². The largest absolute Gasteiger partial charge is 0.464 e. The van der Waals surface area contributed by atoms with E-state index in [0.29, 0.717) is 0 Å². The van der Waals surface area contributed by atoms with Gasteiger partial charge in [0.05, 0.1) is 6.42 Å². The van der Waals surface area contributed by atoms with Gasteiger partial charge >= 0.3 is 5.97 Å². The molecule has 0 aromatic heterocycles. The molecule has 0 bridgehead atoms. The van der Waals surface area contributed by atoms with Gasteiger partial charge in [0.15, 0.2) is 0 Å². The Bertz CT molecular complexity index is 469. The molecule has 1 fully saturated rings. The van der Waals surface area contributed by atoms with Gasteiger partial charge in [-0.25, -0.2) is 0 Å². The summed E-state index contributed by atoms with van der Waals surface area (Å²) in [5.41, 5.74) is 0.898. The number of hydrogen-bond donors (Lipinski definition) is 1. The van der Waals surface area contributed by atoms with Gasteiger partial charge in [0.2, 0.25) is 5.91 Å². The zero-order valence-corrected chi connectivity index (χ0v) is 7.95. The number of cyclic esters (lactones) is 1. The third-order valence-corrected chi connectivity index (χ3v) is 3.05. The van der Waals surface area contributed by atoms with Gasteiger partial charge in [-0.15, -0.1) is 0 Å². The molecule has 0 radical (unpaired) electrons. The summed E-state index contributed by atoms with van der Waals surface area (Å²) >= 11 is 0. The lowest BCUT2D eigenvalue weighted by atomic mass is 9.81. The average Bonchev–Trinajstić information content (AvgIpc) is 2.73. The number of hydrogen-bond acceptors (Lipinski definition) is 3. The van der Waals surface area contributed by atoms with Gasteiger partial charge in [0.25, 0.3) is 0 Å². The molecule has 4 heteroatoms. The summed E-state index contributed by atoms with van der Waals surface area (Å²) in [6, 6.07) is 7.43. The van der Waals surface area contributed by atoms with E-state index in [1.165, 1.54) is 0 Å². The first-order valence-electron chi connectivity index (χ1n) is 4.79. The fourth-order valence-electron chi connectivity index (χ4n) is 2.24. The monoisotopic (exact) mass is 203 g/mol. The van der Waals surface area contributed by atoms with Crippen molar-refractivity contribution in [3.05, 3.63) is 29.8 Å². The van der Waals surface area contributed by atoms with Crippen LogP contribution in [-0.4, -0.2) is 18.5 Å². The maximum absolute atomic E-state index is 11.9. The molecular formula is C11H9NO3. The highest BCUT2D eigenvalue weighted by molar-refractivity contribution is 6.09. The highest BCUT2D eigenvalue weighted by Crippen LogP contribution is 2.43. The quantitative estimate of drug-likeness (QED) is 0.635. The van der Waals surface area contributed by atoms with Crippen LogP contribution >= 0.6 is 0 Å². The molecule has 2 heterocycles. The van der Waals surface area contributed by atoms with Crippen LogP contribution in [0, 0.1) is 0 Å². The Kier molecular flexibility index (Phi) is 1.46. The molecule has 1 N–H and O–H groups in total. The zero-order valence-electron chi connectivity index (χ0n) is 7.95. The number of anilines is 1. The molecule has 1 atom stereocenters. The second-order valence-corrected chi connectivity index (χ2v) is 3.92. The summed E-state index contributed by atoms with van der Waals surface area (Å²) in [5, 5.41) is 2.78. The fraction of sp³-hybridized carbons (Fsp3) is 0.273. The van der Waals surface area contributed by atoms with Crippen LogP contribution < -0.4 is 5.32 Å². The van der Waals surface area contributed by atoms with Gasteiger partial charge < -0.3 is 10.1 Å². The molecule has 2 aliphatic heterocycles. The van der Waals surface area contributed by atoms with E-state index in [2.05, 4.69) is 5.32 Å². The van der Waals surface area contributed by atoms with Gasteiger partial charge in [-0.05, 0) is 11.6 Å². The van der Waals surface area contributed by atoms with Crippen LogP contribution in [0.25, 0.3) is 0 Å². The normalized spacial score (nSPS) is 27.7. The Morgan fingerprint density at radius 3 is 2.80 bits per heavy atom. The van der Waals surface area contributed by atoms with Crippen molar-refractivity contribution >= 4 is 17.6 Å². The van der Waals surface area contributed by atoms with Crippen molar-refractivity contribution in [2.24, 2.45) is 0 Å². The summed E-state index contributed by atoms with van der Waals surface area (Å²) < 4.78 is 4.92. The van der Waals surface area contributed by atoms with E-state index in [4.69, 9.17) is 4.74 Å². The fourth-order valence-corrected chi connectivity index (χ4v) is 2.24. The molecule has 0 aliphatic carbocycles. The summed E-state index contributed by atoms with van der Waals surface area (Å²) in [6.45, 7) is 0.161. The molecule has 3 rings (SSSR count). The van der Waals surface area contributed by atoms with E-state index < -0.39 is 5.41 Å². The van der Waals surface area contributed by atoms with Gasteiger partial charge in [0.1, 0.15) is 12.0 Å². The van der Waals surface area contributed by atoms with Crippen molar-refractivity contribution in [2.75, 3.05) is 11.9 Å². The number of para-hydroxylation sites is 1. The van der Waals surface area contributed by atoms with E-state index >= 15 is 0 Å². The molecule has 1 aromatic carbocycles. The van der Waals surface area contributed by atoms with Crippen LogP contribution in [0.1, 0.15) is 12.0 Å². The first-order valence-corrected chi connectivity index (χ1v) is 4.79. The summed E-state index contributed by atoms with van der Waals surface area (Å²) in [4.78, 5) is 23.0. The average molecular weight is 203 g/mol. The first-order chi connectivity index (χ1) is 7.22. The number of rotatable bonds is 0. The topological polar surface area (TPSA) is 55.4 Å². The minimum absolute atomic E-state index is 0.130. The second kappa shape index (κ2) is 2.59. The Morgan fingerprint density at radius 2 is 2.07 bits per heavy atom. The molecular weight excluding hydrogens is 194 g/mol. The van der Waals surface area contributed by atoms with Crippen molar-refractivity contribution in [3.8, 4) is 0 Å². The summed E-state index contributed by atoms with van der Waals surface area (Å²) in [7, 11) is 0. The molecule has 15 heavy (non-hydrogen) atoms. The zero-order chi connectivity index (χ0) is 10.5. The number of ether oxygens (including phenoxy) is 1. The van der Waals surface area contributed by atoms with Gasteiger partial charge in [-0.2, -0.15) is 0 Å². The standard InChI is InChI=1S/C11H9NO3/c13-9-5-11(6-15-9)7-3-1-2-4-8(7)12-10(11)14/h1-4H,5-6H2,(H,12,14)/t11-/m1/s1. The van der Waals surface area contributed by atoms with E-state index in [1.807, 2.05) is 24.3 Å². The molecule has 1 aromatic rings. The van der Waals surface area contributed by atoms with Crippen LogP contribution in [0.4, 0.5) is 5.69 Å². The lowest BCUT2D eigenvalue weighted by Gasteiger charge is -2.16. The molecule has 1 saturated heterocycles. The minimum atomic E-state index is -0.770. The van der Waals surface area contributed by atoms with Crippen LogP contribution in [0.2, 0.25) is 0 Å². The Labute approximate surface area is 86.2 Å². The van der Waals surface area contributed by atoms with Crippen LogP contribution in [0.5, 0.6) is 0 Å². The number of nitrogens with one attached hydrogen (secondary N) is 1. The molecule has 1 spiro atoms. The lowest BCUT2D eigenvalue weighted by Crippen LogP contribution is -2.34. The van der Waals surface area contributed by atoms with E-state index in [-0.39, 0.29) is 24.9 Å². The Balaban J connectivity index is 2.17. The number of esters is 1. The van der Waals surface area contributed by atoms with E-state index in [9.17, 15) is 9.59 Å². The molecule has 2 aliphatic rings. The van der Waals surface area contributed by atoms with E-state index in [1.54, 1.807) is 0 Å². The Morgan fingerprint density at radius 1 is 1.27 bits per heavy atom. The predicted octanol–water partition coefficient (Wildman–Crippen LogP) is 0.823. The molecule has 0 unspecified atom stereocenters. The third kappa shape index (κ3) is 0.960. The molecule has 4 nitrogen and oxygen atoms in total. The van der Waals surface area contributed by atoms with Crippen LogP contribution in [0.15, 0.2) is 24.3 Å². The van der Waals surface area contributed by atoms with E-state index in [0.717, 1.165) is 11.3 Å². The smallest absolute Gasteiger partial charge is 0.307 e. The predicted molar refractivity (Wildman–Crippen MR) is 52.3 cm³/mol. The number of carbonyl (C=O) groups excluding carboxylic acids is 2. The number of carbonyl (C=O) groups is 2. The summed E-state index contributed by atoms with van der Waals surface area (Å²) in [5.74, 6) is -0.434. The highest BCUT2D eigenvalue weighted by Gasteiger charge is 2.53. The van der Waals surface area contributed by atoms with Crippen molar-refractivity contribution in [2.45, 2.75) is 11.8 Å². The summed E-state index contributed by atoms with van der Waals surface area (Å²) in [6.07, 6.45) is 0.149. The lowest BCUT2D eigenvalue weighted by molar-refractivity contribution is -0.137. The maximum Gasteiger partial charge on any atom is 0.307 e. The molecule has 76 valence electrons. The highest BCUT2D eigenvalue weighted by atomic mass is 16.5. The van der Waals surface area contributed by atoms with Crippen LogP contribution in [0.3, 0.4) is 0 Å². The Hall–Kier alpha value is -1.84. The minimum Gasteiger partial charge on any atom is -0.464 e. The van der Waals surface area contributed by atoms with Gasteiger partial charge in [0, 0.05) is 5.69 Å². The number of fused-ring (bicyclic) bond motifs is 2. The number of amides is 1. The van der Waals surface area contributed by atoms with Crippen molar-refractivity contribution in [1.29, 1.82) is 0 Å². The van der Waals surface area contributed by atoms with Crippen molar-refractivity contribution < 1.29 is 14.3 Å². The molecule has 1 amide bonds.